The van der Waals surface area contributed by atoms with Gasteiger partial charge in [-0.2, -0.15) is 0 Å². The van der Waals surface area contributed by atoms with E-state index in [1.807, 2.05) is 48.5 Å². The third-order valence-corrected chi connectivity index (χ3v) is 15.3. The Morgan fingerprint density at radius 3 is 1.28 bits per heavy atom. The minimum Gasteiger partial charge on any atom is -0.394 e. The van der Waals surface area contributed by atoms with Crippen LogP contribution in [-0.4, -0.2) is 170 Å². The maximum Gasteiger partial charge on any atom is 0.248 e. The molecule has 12 amide bonds. The highest BCUT2D eigenvalue weighted by Crippen LogP contribution is 2.25. The van der Waals surface area contributed by atoms with Crippen LogP contribution in [0, 0.1) is 29.6 Å². The molecule has 25 heteroatoms. The molecular weight excluding hydrogens is 1060 g/mol. The summed E-state index contributed by atoms with van der Waals surface area (Å²) in [4.78, 5) is 167. The van der Waals surface area contributed by atoms with Crippen LogP contribution in [0.5, 0.6) is 0 Å². The maximum absolute atomic E-state index is 14.5. The van der Waals surface area contributed by atoms with Crippen LogP contribution in [0.15, 0.2) is 0 Å². The van der Waals surface area contributed by atoms with Gasteiger partial charge in [0.15, 0.2) is 0 Å². The molecule has 0 bridgehead atoms. The average molecular weight is 1160 g/mol. The number of aliphatic hydroxyl groups is 1. The Kier molecular flexibility index (Phi) is 27.4. The van der Waals surface area contributed by atoms with Crippen LogP contribution in [0.2, 0.25) is 0 Å². The number of rotatable bonds is 31. The number of likely N-dealkylation sites (tertiary alicyclic amines) is 2. The predicted octanol–water partition coefficient (Wildman–Crippen LogP) is 0.290. The molecule has 2 saturated heterocycles. The molecular formula is C57H100N12O13. The van der Waals surface area contributed by atoms with Gasteiger partial charge in [-0.25, -0.2) is 0 Å². The van der Waals surface area contributed by atoms with E-state index in [0.717, 1.165) is 0 Å². The molecule has 2 aliphatic heterocycles. The Morgan fingerprint density at radius 2 is 0.927 bits per heavy atom. The van der Waals surface area contributed by atoms with E-state index in [9.17, 15) is 62.6 Å². The summed E-state index contributed by atoms with van der Waals surface area (Å²) in [5.41, 5.74) is 0.769. The lowest BCUT2D eigenvalue weighted by Crippen LogP contribution is -2.64. The minimum absolute atomic E-state index is 0.0537. The number of carbonyl (C=O) groups excluding carboxylic acids is 12. The highest BCUT2D eigenvalue weighted by Gasteiger charge is 2.46. The second-order valence-electron chi connectivity index (χ2n) is 25.2. The van der Waals surface area contributed by atoms with E-state index in [2.05, 4.69) is 47.9 Å². The van der Waals surface area contributed by atoms with Gasteiger partial charge in [-0.3, -0.25) is 57.5 Å². The van der Waals surface area contributed by atoms with Crippen molar-refractivity contribution in [2.24, 2.45) is 35.3 Å². The lowest BCUT2D eigenvalue weighted by atomic mass is 9.95. The molecule has 0 aliphatic carbocycles. The van der Waals surface area contributed by atoms with Crippen LogP contribution in [0.25, 0.3) is 0 Å². The quantitative estimate of drug-likeness (QED) is 0.0445. The highest BCUT2D eigenvalue weighted by molar-refractivity contribution is 6.01. The number of carbonyl (C=O) groups is 12. The summed E-state index contributed by atoms with van der Waals surface area (Å²) >= 11 is 0. The van der Waals surface area contributed by atoms with Crippen LogP contribution in [0.4, 0.5) is 0 Å². The summed E-state index contributed by atoms with van der Waals surface area (Å²) in [6, 6.07) is -8.76. The predicted molar refractivity (Wildman–Crippen MR) is 307 cm³/mol. The molecule has 0 aromatic heterocycles. The number of aliphatic hydroxyl groups excluding tert-OH is 1. The van der Waals surface area contributed by atoms with Crippen LogP contribution < -0.4 is 53.6 Å². The maximum atomic E-state index is 14.5. The van der Waals surface area contributed by atoms with Crippen LogP contribution in [0.1, 0.15) is 175 Å². The smallest absolute Gasteiger partial charge is 0.248 e. The van der Waals surface area contributed by atoms with E-state index in [1.54, 1.807) is 20.8 Å². The monoisotopic (exact) mass is 1160 g/mol. The molecule has 2 fully saturated rings. The summed E-state index contributed by atoms with van der Waals surface area (Å²) in [6.07, 6.45) is 2.01. The lowest BCUT2D eigenvalue weighted by Gasteiger charge is -2.36. The van der Waals surface area contributed by atoms with E-state index in [1.165, 1.54) is 58.3 Å². The number of nitrogens with zero attached hydrogens (tertiary/aromatic N) is 2. The van der Waals surface area contributed by atoms with Crippen LogP contribution >= 0.6 is 0 Å². The fraction of sp³-hybridized carbons (Fsp3) is 0.789. The topological polar surface area (TPSA) is 366 Å². The van der Waals surface area contributed by atoms with Crippen LogP contribution in [0.3, 0.4) is 0 Å². The van der Waals surface area contributed by atoms with Gasteiger partial charge in [0.25, 0.3) is 0 Å². The van der Waals surface area contributed by atoms with Gasteiger partial charge in [0.2, 0.25) is 70.9 Å². The Labute approximate surface area is 485 Å². The van der Waals surface area contributed by atoms with Gasteiger partial charge in [-0.15, -0.1) is 0 Å². The van der Waals surface area contributed by atoms with Crippen molar-refractivity contribution in [3.63, 3.8) is 0 Å². The largest absolute Gasteiger partial charge is 0.394 e. The fourth-order valence-corrected chi connectivity index (χ4v) is 9.96. The van der Waals surface area contributed by atoms with Crippen molar-refractivity contribution in [2.45, 2.75) is 240 Å². The highest BCUT2D eigenvalue weighted by atomic mass is 16.3. The molecule has 2 rings (SSSR count). The van der Waals surface area contributed by atoms with Gasteiger partial charge in [0.05, 0.1) is 19.1 Å². The zero-order chi connectivity index (χ0) is 62.9. The first kappa shape index (κ1) is 71.7. The molecule has 466 valence electrons. The van der Waals surface area contributed by atoms with E-state index in [-0.39, 0.29) is 56.7 Å². The first-order valence-electron chi connectivity index (χ1n) is 29.1. The molecule has 0 unspecified atom stereocenters. The lowest BCUT2D eigenvalue weighted by molar-refractivity contribution is -0.146. The van der Waals surface area contributed by atoms with Crippen molar-refractivity contribution in [2.75, 3.05) is 19.7 Å². The number of nitrogens with one attached hydrogen (secondary N) is 9. The van der Waals surface area contributed by atoms with Gasteiger partial charge in [0.1, 0.15) is 58.9 Å². The zero-order valence-corrected chi connectivity index (χ0v) is 51.8. The molecule has 2 aliphatic rings. The van der Waals surface area contributed by atoms with Gasteiger partial charge in [-0.1, -0.05) is 82.1 Å². The van der Waals surface area contributed by atoms with Crippen molar-refractivity contribution in [1.29, 1.82) is 0 Å². The van der Waals surface area contributed by atoms with E-state index in [0.29, 0.717) is 32.1 Å². The molecule has 0 spiro atoms. The Hall–Kier alpha value is -6.40. The molecule has 0 radical (unpaired) electrons. The third-order valence-electron chi connectivity index (χ3n) is 15.3. The van der Waals surface area contributed by atoms with E-state index < -0.39 is 154 Å². The summed E-state index contributed by atoms with van der Waals surface area (Å²) < 4.78 is 0. The second kappa shape index (κ2) is 31.3. The number of hydrogen-bond donors (Lipinski definition) is 11. The normalized spacial score (nSPS) is 18.6. The first-order valence-corrected chi connectivity index (χ1v) is 29.1. The number of amides is 12. The minimum atomic E-state index is -1.66. The number of primary amides is 1. The SMILES string of the molecule is CC[C@H](C)[C@H](NC(=O)[C@H](CC(N)=O)NC(=O)C(C)(C)NC(C)=O)C(=O)N[C@@H](CC(C)C)C(=O)NC(C)(C)C(=O)N1CCC[C@H]1C(=O)N[C@H](C(=O)N[C@@H](CC(C)C)C(=O)NC(C)(C)C(=O)N1CCC[C@H]1C(=O)N[C@H](CO)C(C)C)[C@@H](C)CC. The van der Waals surface area contributed by atoms with Gasteiger partial charge in [-0.05, 0) is 110 Å². The first-order chi connectivity index (χ1) is 37.8. The third kappa shape index (κ3) is 20.8. The van der Waals surface area contributed by atoms with Crippen molar-refractivity contribution in [1.82, 2.24) is 57.7 Å². The van der Waals surface area contributed by atoms with Crippen molar-refractivity contribution in [3.05, 3.63) is 0 Å². The van der Waals surface area contributed by atoms with E-state index >= 15 is 0 Å². The molecule has 0 saturated carbocycles. The summed E-state index contributed by atoms with van der Waals surface area (Å²) in [7, 11) is 0. The van der Waals surface area contributed by atoms with Crippen molar-refractivity contribution < 1.29 is 62.6 Å². The Morgan fingerprint density at radius 1 is 0.524 bits per heavy atom. The number of hydrogen-bond acceptors (Lipinski definition) is 13. The molecule has 12 N–H and O–H groups in total. The van der Waals surface area contributed by atoms with E-state index in [4.69, 9.17) is 5.73 Å². The standard InChI is InChI=1S/C57H100N12O13/c1-18-33(9)43(63-45(73)38(28-42(58)72)62-52(80)55(12,13)65-35(11)71)50(78)59-36(26-30(3)4)46(74)67-57(16,17)54(82)69-25-21-23-41(69)49(77)64-44(34(10)19-2)51(79)60-37(27-31(5)6)47(75)66-56(14,15)53(81)68-24-20-22-40(68)48(76)61-39(29-70)32(7)8/h30-34,36-41,43-44,70H,18-29H2,1-17H3,(H2,58,72)(H,59,78)(H,60,79)(H,61,76)(H,62,80)(H,63,73)(H,64,77)(H,65,71)(H,66,75)(H,67,74)/t33-,34-,36-,37-,38-,39+,40-,41-,43-,44-/m0/s1. The Bertz CT molecular complexity index is 2300. The Balaban J connectivity index is 2.32. The van der Waals surface area contributed by atoms with Gasteiger partial charge < -0.3 is 68.5 Å². The van der Waals surface area contributed by atoms with Crippen molar-refractivity contribution >= 4 is 70.9 Å². The number of nitrogens with two attached hydrogens (primary N) is 1. The molecule has 82 heavy (non-hydrogen) atoms. The molecule has 0 aromatic rings. The second-order valence-corrected chi connectivity index (χ2v) is 25.2. The molecule has 2 heterocycles. The molecule has 25 nitrogen and oxygen atoms in total. The summed E-state index contributed by atoms with van der Waals surface area (Å²) in [6.45, 7) is 28.2. The molecule has 0 aromatic carbocycles. The average Bonchev–Trinajstić information content (AvgIpc) is 4.07. The fourth-order valence-electron chi connectivity index (χ4n) is 9.96. The van der Waals surface area contributed by atoms with Gasteiger partial charge in [0, 0.05) is 20.0 Å². The molecule has 10 atom stereocenters. The van der Waals surface area contributed by atoms with Gasteiger partial charge >= 0.3 is 0 Å². The summed E-state index contributed by atoms with van der Waals surface area (Å²) in [5, 5.41) is 34.1. The van der Waals surface area contributed by atoms with Crippen molar-refractivity contribution in [3.8, 4) is 0 Å². The summed E-state index contributed by atoms with van der Waals surface area (Å²) in [5.74, 6) is -9.50. The zero-order valence-electron chi connectivity index (χ0n) is 51.8. The van der Waals surface area contributed by atoms with Crippen LogP contribution in [-0.2, 0) is 57.5 Å².